The molecule has 2 rings (SSSR count). The molecule has 0 aromatic rings. The molecule has 2 aliphatic rings. The molecule has 4 atom stereocenters. The maximum Gasteiger partial charge on any atom is 0.353 e. The minimum atomic E-state index is -1.31. The predicted molar refractivity (Wildman–Crippen MR) is 78.9 cm³/mol. The number of carboxylic acids is 2. The highest BCUT2D eigenvalue weighted by Gasteiger charge is 2.61. The first-order valence-corrected chi connectivity index (χ1v) is 8.00. The SMILES string of the molecule is C[C@@H](O)[C@H]1C(=O)N2C(C(=O)O)=C(SCCC#N)[C@H](CC(=O)O)[C@H]12. The number of β-lactam (4-membered cyclic amide) rings is 1. The molecule has 0 spiro atoms. The van der Waals surface area contributed by atoms with Crippen LogP contribution in [0.2, 0.25) is 0 Å². The molecule has 1 saturated heterocycles. The molecular formula is C14H16N2O6S. The number of fused-ring (bicyclic) bond motifs is 1. The Morgan fingerprint density at radius 3 is 2.57 bits per heavy atom. The van der Waals surface area contributed by atoms with Gasteiger partial charge in [-0.2, -0.15) is 5.26 Å². The largest absolute Gasteiger partial charge is 0.481 e. The van der Waals surface area contributed by atoms with Crippen molar-refractivity contribution in [2.75, 3.05) is 5.75 Å². The van der Waals surface area contributed by atoms with Crippen LogP contribution in [0.5, 0.6) is 0 Å². The third kappa shape index (κ3) is 2.92. The molecule has 0 saturated carbocycles. The molecule has 1 fully saturated rings. The van der Waals surface area contributed by atoms with Gasteiger partial charge in [0.05, 0.1) is 30.6 Å². The normalized spacial score (nSPS) is 27.3. The van der Waals surface area contributed by atoms with Crippen molar-refractivity contribution in [2.45, 2.75) is 31.9 Å². The Labute approximate surface area is 136 Å². The van der Waals surface area contributed by atoms with Crippen molar-refractivity contribution in [3.8, 4) is 6.07 Å². The molecule has 8 nitrogen and oxygen atoms in total. The third-order valence-corrected chi connectivity index (χ3v) is 5.22. The van der Waals surface area contributed by atoms with E-state index in [2.05, 4.69) is 0 Å². The number of aliphatic hydroxyl groups is 1. The van der Waals surface area contributed by atoms with E-state index in [9.17, 15) is 24.6 Å². The Hall–Kier alpha value is -2.05. The standard InChI is InChI=1S/C14H16N2O6S/c1-6(17)9-10-7(5-8(18)19)12(23-4-2-3-15)11(14(21)22)16(10)13(9)20/h6-7,9-10,17H,2,4-5H2,1H3,(H,18,19)(H,21,22)/t6-,7-,9-,10-/m1/s1. The summed E-state index contributed by atoms with van der Waals surface area (Å²) in [5.41, 5.74) is -0.217. The highest BCUT2D eigenvalue weighted by Crippen LogP contribution is 2.51. The van der Waals surface area contributed by atoms with Gasteiger partial charge in [-0.15, -0.1) is 11.8 Å². The molecular weight excluding hydrogens is 324 g/mol. The molecule has 0 unspecified atom stereocenters. The molecule has 0 radical (unpaired) electrons. The van der Waals surface area contributed by atoms with Gasteiger partial charge in [-0.1, -0.05) is 0 Å². The van der Waals surface area contributed by atoms with Crippen LogP contribution in [0.15, 0.2) is 10.6 Å². The monoisotopic (exact) mass is 340 g/mol. The van der Waals surface area contributed by atoms with Gasteiger partial charge in [-0.25, -0.2) is 4.79 Å². The maximum absolute atomic E-state index is 12.2. The molecule has 9 heteroatoms. The fourth-order valence-electron chi connectivity index (χ4n) is 3.15. The maximum atomic E-state index is 12.2. The van der Waals surface area contributed by atoms with Gasteiger partial charge in [0.1, 0.15) is 5.70 Å². The van der Waals surface area contributed by atoms with Gasteiger partial charge >= 0.3 is 11.9 Å². The second kappa shape index (κ2) is 6.60. The van der Waals surface area contributed by atoms with Crippen LogP contribution in [-0.2, 0) is 14.4 Å². The Morgan fingerprint density at radius 2 is 2.09 bits per heavy atom. The Morgan fingerprint density at radius 1 is 1.43 bits per heavy atom. The zero-order valence-corrected chi connectivity index (χ0v) is 13.1. The van der Waals surface area contributed by atoms with Crippen molar-refractivity contribution in [2.24, 2.45) is 11.8 Å². The number of carbonyl (C=O) groups excluding carboxylic acids is 1. The van der Waals surface area contributed by atoms with Crippen LogP contribution in [0.4, 0.5) is 0 Å². The second-order valence-corrected chi connectivity index (χ2v) is 6.58. The first-order chi connectivity index (χ1) is 10.8. The average Bonchev–Trinajstić information content (AvgIpc) is 2.69. The topological polar surface area (TPSA) is 139 Å². The van der Waals surface area contributed by atoms with Crippen LogP contribution < -0.4 is 0 Å². The molecule has 2 heterocycles. The van der Waals surface area contributed by atoms with E-state index in [0.717, 1.165) is 16.7 Å². The fraction of sp³-hybridized carbons (Fsp3) is 0.571. The first-order valence-electron chi connectivity index (χ1n) is 7.01. The van der Waals surface area contributed by atoms with E-state index in [1.54, 1.807) is 0 Å². The van der Waals surface area contributed by atoms with Gasteiger partial charge in [0.25, 0.3) is 0 Å². The number of carbonyl (C=O) groups is 3. The number of aliphatic carboxylic acids is 2. The molecule has 0 aromatic carbocycles. The van der Waals surface area contributed by atoms with E-state index < -0.39 is 41.8 Å². The Balaban J connectivity index is 2.40. The number of hydrogen-bond acceptors (Lipinski definition) is 6. The van der Waals surface area contributed by atoms with E-state index in [1.807, 2.05) is 6.07 Å². The summed E-state index contributed by atoms with van der Waals surface area (Å²) in [6, 6.07) is 1.28. The fourth-order valence-corrected chi connectivity index (χ4v) is 4.33. The number of thioether (sulfide) groups is 1. The molecule has 2 aliphatic heterocycles. The lowest BCUT2D eigenvalue weighted by Gasteiger charge is -2.46. The molecule has 3 N–H and O–H groups in total. The number of carboxylic acid groups (broad SMARTS) is 2. The zero-order chi connectivity index (χ0) is 17.3. The lowest BCUT2D eigenvalue weighted by molar-refractivity contribution is -0.164. The summed E-state index contributed by atoms with van der Waals surface area (Å²) >= 11 is 1.10. The quantitative estimate of drug-likeness (QED) is 0.442. The van der Waals surface area contributed by atoms with Crippen molar-refractivity contribution < 1.29 is 29.7 Å². The summed E-state index contributed by atoms with van der Waals surface area (Å²) in [6.07, 6.45) is -1.14. The molecule has 1 amide bonds. The Bertz CT molecular complexity index is 623. The smallest absolute Gasteiger partial charge is 0.353 e. The molecule has 0 bridgehead atoms. The highest BCUT2D eigenvalue weighted by atomic mass is 32.2. The van der Waals surface area contributed by atoms with Crippen molar-refractivity contribution in [3.05, 3.63) is 10.6 Å². The van der Waals surface area contributed by atoms with Gasteiger partial charge < -0.3 is 20.2 Å². The van der Waals surface area contributed by atoms with E-state index in [0.29, 0.717) is 10.7 Å². The van der Waals surface area contributed by atoms with E-state index in [4.69, 9.17) is 10.4 Å². The van der Waals surface area contributed by atoms with Gasteiger partial charge in [-0.05, 0) is 6.92 Å². The number of aliphatic hydroxyl groups excluding tert-OH is 1. The molecule has 124 valence electrons. The van der Waals surface area contributed by atoms with Crippen LogP contribution in [0, 0.1) is 23.2 Å². The van der Waals surface area contributed by atoms with Crippen molar-refractivity contribution >= 4 is 29.6 Å². The summed E-state index contributed by atoms with van der Waals surface area (Å²) in [6.45, 7) is 1.43. The summed E-state index contributed by atoms with van der Waals surface area (Å²) in [7, 11) is 0. The molecule has 0 aromatic heterocycles. The predicted octanol–water partition coefficient (Wildman–Crippen LogP) is 0.242. The number of rotatable bonds is 7. The van der Waals surface area contributed by atoms with E-state index >= 15 is 0 Å². The van der Waals surface area contributed by atoms with Crippen LogP contribution in [0.1, 0.15) is 19.8 Å². The van der Waals surface area contributed by atoms with Crippen molar-refractivity contribution in [1.82, 2.24) is 4.90 Å². The van der Waals surface area contributed by atoms with Crippen LogP contribution in [0.25, 0.3) is 0 Å². The number of nitriles is 1. The van der Waals surface area contributed by atoms with Gasteiger partial charge in [0.2, 0.25) is 5.91 Å². The van der Waals surface area contributed by atoms with Crippen LogP contribution in [0.3, 0.4) is 0 Å². The summed E-state index contributed by atoms with van der Waals surface area (Å²) in [5, 5.41) is 36.9. The first kappa shape index (κ1) is 17.3. The van der Waals surface area contributed by atoms with Crippen LogP contribution >= 0.6 is 11.8 Å². The lowest BCUT2D eigenvalue weighted by atomic mass is 9.77. The number of amides is 1. The molecule has 23 heavy (non-hydrogen) atoms. The minimum Gasteiger partial charge on any atom is -0.481 e. The number of hydrogen-bond donors (Lipinski definition) is 3. The zero-order valence-electron chi connectivity index (χ0n) is 12.3. The van der Waals surface area contributed by atoms with Crippen molar-refractivity contribution in [1.29, 1.82) is 5.26 Å². The Kier molecular flexibility index (Phi) is 4.97. The second-order valence-electron chi connectivity index (χ2n) is 5.44. The van der Waals surface area contributed by atoms with E-state index in [-0.39, 0.29) is 18.5 Å². The van der Waals surface area contributed by atoms with Gasteiger partial charge in [0, 0.05) is 23.0 Å². The average molecular weight is 340 g/mol. The van der Waals surface area contributed by atoms with Gasteiger partial charge in [-0.3, -0.25) is 9.59 Å². The summed E-state index contributed by atoms with van der Waals surface area (Å²) in [4.78, 5) is 36.2. The van der Waals surface area contributed by atoms with Crippen LogP contribution in [-0.4, -0.2) is 56.0 Å². The van der Waals surface area contributed by atoms with Gasteiger partial charge in [0.15, 0.2) is 0 Å². The lowest BCUT2D eigenvalue weighted by Crippen LogP contribution is -2.64. The summed E-state index contributed by atoms with van der Waals surface area (Å²) < 4.78 is 0. The number of nitrogens with zero attached hydrogens (tertiary/aromatic N) is 2. The third-order valence-electron chi connectivity index (χ3n) is 4.00. The molecule has 0 aliphatic carbocycles. The minimum absolute atomic E-state index is 0.180. The highest BCUT2D eigenvalue weighted by molar-refractivity contribution is 8.03. The van der Waals surface area contributed by atoms with E-state index in [1.165, 1.54) is 6.92 Å². The summed E-state index contributed by atoms with van der Waals surface area (Å²) in [5.74, 6) is -4.09. The van der Waals surface area contributed by atoms with Crippen molar-refractivity contribution in [3.63, 3.8) is 0 Å².